The average molecular weight is 470 g/mol. The van der Waals surface area contributed by atoms with E-state index in [1.807, 2.05) is 18.5 Å². The van der Waals surface area contributed by atoms with Crippen LogP contribution in [0.2, 0.25) is 0 Å². The fraction of sp³-hybridized carbons (Fsp3) is 0.520. The second-order valence-electron chi connectivity index (χ2n) is 9.36. The molecular formula is C25H31N3O6. The van der Waals surface area contributed by atoms with E-state index in [0.717, 1.165) is 30.7 Å². The van der Waals surface area contributed by atoms with Crippen LogP contribution in [0.3, 0.4) is 0 Å². The highest BCUT2D eigenvalue weighted by molar-refractivity contribution is 5.97. The minimum Gasteiger partial charge on any atom is -0.478 e. The van der Waals surface area contributed by atoms with E-state index in [9.17, 15) is 14.4 Å². The molecule has 9 nitrogen and oxygen atoms in total. The maximum atomic E-state index is 12.9. The lowest BCUT2D eigenvalue weighted by atomic mass is 9.76. The van der Waals surface area contributed by atoms with Gasteiger partial charge >= 0.3 is 11.9 Å². The quantitative estimate of drug-likeness (QED) is 0.598. The number of fused-ring (bicyclic) bond motifs is 1. The van der Waals surface area contributed by atoms with Crippen molar-refractivity contribution < 1.29 is 29.0 Å². The van der Waals surface area contributed by atoms with E-state index in [4.69, 9.17) is 19.7 Å². The summed E-state index contributed by atoms with van der Waals surface area (Å²) in [6, 6.07) is 5.66. The Balaban J connectivity index is 1.46. The van der Waals surface area contributed by atoms with Crippen LogP contribution in [0.25, 0.3) is 0 Å². The van der Waals surface area contributed by atoms with Crippen molar-refractivity contribution in [2.45, 2.75) is 46.1 Å². The van der Waals surface area contributed by atoms with Crippen molar-refractivity contribution in [2.24, 2.45) is 11.3 Å². The summed E-state index contributed by atoms with van der Waals surface area (Å²) < 4.78 is 13.0. The summed E-state index contributed by atoms with van der Waals surface area (Å²) in [6.07, 6.45) is 3.22. The molecule has 1 saturated heterocycles. The van der Waals surface area contributed by atoms with Crippen LogP contribution in [0, 0.1) is 11.3 Å². The highest BCUT2D eigenvalue weighted by Gasteiger charge is 2.39. The van der Waals surface area contributed by atoms with Crippen LogP contribution in [0.5, 0.6) is 0 Å². The number of aromatic carboxylic acids is 1. The van der Waals surface area contributed by atoms with Gasteiger partial charge in [0.05, 0.1) is 34.7 Å². The molecular weight excluding hydrogens is 438 g/mol. The summed E-state index contributed by atoms with van der Waals surface area (Å²) >= 11 is 0. The zero-order chi connectivity index (χ0) is 24.3. The topological polar surface area (TPSA) is 120 Å². The number of nitrogens with zero attached hydrogens (tertiary/aromatic N) is 2. The van der Waals surface area contributed by atoms with Crippen LogP contribution in [0.4, 0.5) is 0 Å². The first-order chi connectivity index (χ1) is 16.3. The second kappa shape index (κ2) is 9.97. The monoisotopic (exact) mass is 469 g/mol. The zero-order valence-electron chi connectivity index (χ0n) is 19.6. The molecule has 2 aromatic rings. The Hall–Kier alpha value is -3.20. The maximum absolute atomic E-state index is 12.9. The molecule has 1 unspecified atom stereocenters. The standard InChI is InChI=1S/C25H31N3O6/c1-3-19-21-20(12-25(15-26-22(21)29)8-10-33-11-9-25)28(27-19)13-16(2)14-34-24(32)18-6-4-17(5-7-18)23(30)31/h4-7,16H,3,8-15H2,1-2H3,(H,26,29)(H,30,31). The Bertz CT molecular complexity index is 1070. The van der Waals surface area contributed by atoms with E-state index in [1.54, 1.807) is 0 Å². The molecule has 0 bridgehead atoms. The molecule has 9 heteroatoms. The van der Waals surface area contributed by atoms with Crippen molar-refractivity contribution in [3.05, 3.63) is 52.3 Å². The van der Waals surface area contributed by atoms with E-state index in [-0.39, 0.29) is 29.4 Å². The van der Waals surface area contributed by atoms with Crippen molar-refractivity contribution in [1.82, 2.24) is 15.1 Å². The van der Waals surface area contributed by atoms with Crippen LogP contribution in [0.15, 0.2) is 24.3 Å². The number of aryl methyl sites for hydroxylation is 1. The van der Waals surface area contributed by atoms with Gasteiger partial charge in [0.25, 0.3) is 5.91 Å². The Morgan fingerprint density at radius 3 is 2.56 bits per heavy atom. The molecule has 1 amide bonds. The summed E-state index contributed by atoms with van der Waals surface area (Å²) in [5.74, 6) is -1.65. The third-order valence-corrected chi connectivity index (χ3v) is 6.76. The Morgan fingerprint density at radius 1 is 1.24 bits per heavy atom. The Morgan fingerprint density at radius 2 is 1.91 bits per heavy atom. The van der Waals surface area contributed by atoms with Gasteiger partial charge in [-0.1, -0.05) is 13.8 Å². The minimum atomic E-state index is -1.05. The predicted octanol–water partition coefficient (Wildman–Crippen LogP) is 2.72. The first kappa shape index (κ1) is 23.9. The van der Waals surface area contributed by atoms with Gasteiger partial charge in [-0.3, -0.25) is 9.48 Å². The number of ether oxygens (including phenoxy) is 2. The average Bonchev–Trinajstić information content (AvgIpc) is 3.11. The Labute approximate surface area is 198 Å². The molecule has 3 heterocycles. The highest BCUT2D eigenvalue weighted by atomic mass is 16.5. The van der Waals surface area contributed by atoms with E-state index >= 15 is 0 Å². The summed E-state index contributed by atoms with van der Waals surface area (Å²) in [5, 5.41) is 16.9. The van der Waals surface area contributed by atoms with Crippen LogP contribution in [-0.2, 0) is 28.9 Å². The number of esters is 1. The third-order valence-electron chi connectivity index (χ3n) is 6.76. The number of amides is 1. The van der Waals surface area contributed by atoms with Gasteiger partial charge in [-0.05, 0) is 55.4 Å². The molecule has 1 aromatic carbocycles. The van der Waals surface area contributed by atoms with Crippen LogP contribution >= 0.6 is 0 Å². The number of hydrogen-bond donors (Lipinski definition) is 2. The molecule has 0 aliphatic carbocycles. The first-order valence-electron chi connectivity index (χ1n) is 11.8. The molecule has 182 valence electrons. The van der Waals surface area contributed by atoms with Gasteiger partial charge in [-0.15, -0.1) is 0 Å². The first-order valence-corrected chi connectivity index (χ1v) is 11.8. The van der Waals surface area contributed by atoms with E-state index < -0.39 is 11.9 Å². The van der Waals surface area contributed by atoms with Crippen molar-refractivity contribution >= 4 is 17.8 Å². The summed E-state index contributed by atoms with van der Waals surface area (Å²) in [6.45, 7) is 6.70. The third kappa shape index (κ3) is 4.99. The van der Waals surface area contributed by atoms with Gasteiger partial charge in [0.1, 0.15) is 0 Å². The summed E-state index contributed by atoms with van der Waals surface area (Å²) in [4.78, 5) is 36.3. The largest absolute Gasteiger partial charge is 0.478 e. The lowest BCUT2D eigenvalue weighted by Gasteiger charge is -2.36. The lowest BCUT2D eigenvalue weighted by Crippen LogP contribution is -2.41. The van der Waals surface area contributed by atoms with Gasteiger partial charge in [0.2, 0.25) is 0 Å². The van der Waals surface area contributed by atoms with E-state index in [2.05, 4.69) is 5.32 Å². The second-order valence-corrected chi connectivity index (χ2v) is 9.36. The molecule has 34 heavy (non-hydrogen) atoms. The SMILES string of the molecule is CCc1nn(CC(C)COC(=O)c2ccc(C(=O)O)cc2)c2c1C(=O)NCC1(CCOCC1)C2. The molecule has 2 aliphatic heterocycles. The number of aromatic nitrogens is 2. The van der Waals surface area contributed by atoms with Gasteiger partial charge < -0.3 is 19.9 Å². The highest BCUT2D eigenvalue weighted by Crippen LogP contribution is 2.37. The fourth-order valence-electron chi connectivity index (χ4n) is 4.72. The molecule has 2 aliphatic rings. The number of carboxylic acid groups (broad SMARTS) is 1. The zero-order valence-corrected chi connectivity index (χ0v) is 19.6. The van der Waals surface area contributed by atoms with Gasteiger partial charge in [0.15, 0.2) is 0 Å². The fourth-order valence-corrected chi connectivity index (χ4v) is 4.72. The van der Waals surface area contributed by atoms with Crippen molar-refractivity contribution in [3.8, 4) is 0 Å². The maximum Gasteiger partial charge on any atom is 0.338 e. The number of carboxylic acids is 1. The van der Waals surface area contributed by atoms with Crippen LogP contribution in [-0.4, -0.2) is 59.1 Å². The number of hydrogen-bond acceptors (Lipinski definition) is 6. The van der Waals surface area contributed by atoms with E-state index in [1.165, 1.54) is 24.3 Å². The Kier molecular flexibility index (Phi) is 7.02. The number of carbonyl (C=O) groups is 3. The smallest absolute Gasteiger partial charge is 0.338 e. The number of carbonyl (C=O) groups excluding carboxylic acids is 2. The molecule has 1 aromatic heterocycles. The van der Waals surface area contributed by atoms with Crippen molar-refractivity contribution in [3.63, 3.8) is 0 Å². The van der Waals surface area contributed by atoms with Gasteiger partial charge in [-0.2, -0.15) is 5.10 Å². The molecule has 4 rings (SSSR count). The predicted molar refractivity (Wildman–Crippen MR) is 123 cm³/mol. The van der Waals surface area contributed by atoms with Crippen LogP contribution in [0.1, 0.15) is 69.2 Å². The van der Waals surface area contributed by atoms with Crippen molar-refractivity contribution in [1.29, 1.82) is 0 Å². The molecule has 0 radical (unpaired) electrons. The normalized spacial score (nSPS) is 18.0. The number of benzene rings is 1. The van der Waals surface area contributed by atoms with Crippen LogP contribution < -0.4 is 5.32 Å². The molecule has 1 spiro atoms. The molecule has 2 N–H and O–H groups in total. The lowest BCUT2D eigenvalue weighted by molar-refractivity contribution is 0.0151. The number of rotatable bonds is 7. The van der Waals surface area contributed by atoms with Gasteiger partial charge in [-0.25, -0.2) is 9.59 Å². The summed E-state index contributed by atoms with van der Waals surface area (Å²) in [7, 11) is 0. The molecule has 0 saturated carbocycles. The minimum absolute atomic E-state index is 0.0280. The number of nitrogens with one attached hydrogen (secondary N) is 1. The van der Waals surface area contributed by atoms with E-state index in [0.29, 0.717) is 43.9 Å². The van der Waals surface area contributed by atoms with Gasteiger partial charge in [0, 0.05) is 32.2 Å². The summed E-state index contributed by atoms with van der Waals surface area (Å²) in [5.41, 5.74) is 2.82. The molecule has 1 fully saturated rings. The molecule has 1 atom stereocenters. The van der Waals surface area contributed by atoms with Crippen molar-refractivity contribution in [2.75, 3.05) is 26.4 Å².